The molecule has 0 saturated carbocycles. The summed E-state index contributed by atoms with van der Waals surface area (Å²) in [4.78, 5) is 7.13. The number of aromatic nitrogens is 2. The molecule has 1 aromatic rings. The van der Waals surface area contributed by atoms with Crippen LogP contribution in [0, 0.1) is 0 Å². The Balaban J connectivity index is 3.15. The predicted octanol–water partition coefficient (Wildman–Crippen LogP) is 0.855. The summed E-state index contributed by atoms with van der Waals surface area (Å²) in [6.45, 7) is 1.59. The summed E-state index contributed by atoms with van der Waals surface area (Å²) in [7, 11) is -3.85. The fraction of sp³-hybridized carbons (Fsp3) is 0.333. The SMILES string of the molecule is CCOS(=O)(=O)c1nccnc1Cl. The van der Waals surface area contributed by atoms with Crippen molar-refractivity contribution in [2.24, 2.45) is 0 Å². The predicted molar refractivity (Wildman–Crippen MR) is 45.9 cm³/mol. The third kappa shape index (κ3) is 2.36. The normalized spacial score (nSPS) is 11.5. The Bertz CT molecular complexity index is 393. The zero-order valence-corrected chi connectivity index (χ0v) is 8.34. The second-order valence-corrected chi connectivity index (χ2v) is 3.90. The Morgan fingerprint density at radius 3 is 2.62 bits per heavy atom. The maximum absolute atomic E-state index is 11.2. The molecule has 0 N–H and O–H groups in total. The smallest absolute Gasteiger partial charge is 0.265 e. The first-order valence-corrected chi connectivity index (χ1v) is 5.22. The number of rotatable bonds is 3. The maximum atomic E-state index is 11.2. The van der Waals surface area contributed by atoms with Gasteiger partial charge in [0.15, 0.2) is 5.15 Å². The van der Waals surface area contributed by atoms with E-state index in [1.165, 1.54) is 12.4 Å². The number of hydrogen-bond acceptors (Lipinski definition) is 5. The third-order valence-corrected chi connectivity index (χ3v) is 2.84. The number of halogens is 1. The summed E-state index contributed by atoms with van der Waals surface area (Å²) in [5.74, 6) is 0. The summed E-state index contributed by atoms with van der Waals surface area (Å²) in [5.41, 5.74) is 0. The molecule has 0 amide bonds. The molecular formula is C6H7ClN2O3S. The summed E-state index contributed by atoms with van der Waals surface area (Å²) >= 11 is 5.51. The van der Waals surface area contributed by atoms with E-state index in [2.05, 4.69) is 14.2 Å². The summed E-state index contributed by atoms with van der Waals surface area (Å²) < 4.78 is 27.0. The van der Waals surface area contributed by atoms with Crippen LogP contribution < -0.4 is 0 Å². The monoisotopic (exact) mass is 222 g/mol. The average Bonchev–Trinajstić information content (AvgIpc) is 2.04. The van der Waals surface area contributed by atoms with Crippen LogP contribution in [0.2, 0.25) is 5.15 Å². The van der Waals surface area contributed by atoms with Gasteiger partial charge in [-0.15, -0.1) is 0 Å². The Labute approximate surface area is 80.9 Å². The van der Waals surface area contributed by atoms with Crippen LogP contribution in [0.15, 0.2) is 17.4 Å². The molecule has 0 aromatic carbocycles. The molecule has 0 radical (unpaired) electrons. The van der Waals surface area contributed by atoms with Gasteiger partial charge in [-0.2, -0.15) is 8.42 Å². The van der Waals surface area contributed by atoms with Gasteiger partial charge in [-0.1, -0.05) is 11.6 Å². The third-order valence-electron chi connectivity index (χ3n) is 1.13. The van der Waals surface area contributed by atoms with Gasteiger partial charge in [-0.25, -0.2) is 9.97 Å². The van der Waals surface area contributed by atoms with Crippen LogP contribution >= 0.6 is 11.6 Å². The van der Waals surface area contributed by atoms with Crippen molar-refractivity contribution in [2.75, 3.05) is 6.61 Å². The van der Waals surface area contributed by atoms with Crippen molar-refractivity contribution < 1.29 is 12.6 Å². The van der Waals surface area contributed by atoms with Crippen molar-refractivity contribution >= 4 is 21.7 Å². The lowest BCUT2D eigenvalue weighted by atomic mass is 10.8. The number of nitrogens with zero attached hydrogens (tertiary/aromatic N) is 2. The lowest BCUT2D eigenvalue weighted by Crippen LogP contribution is -2.09. The Morgan fingerprint density at radius 2 is 2.08 bits per heavy atom. The van der Waals surface area contributed by atoms with Gasteiger partial charge in [-0.3, -0.25) is 4.18 Å². The summed E-state index contributed by atoms with van der Waals surface area (Å²) in [6.07, 6.45) is 2.53. The first kappa shape index (κ1) is 10.4. The molecule has 0 unspecified atom stereocenters. The zero-order chi connectivity index (χ0) is 9.90. The van der Waals surface area contributed by atoms with Crippen molar-refractivity contribution in [3.8, 4) is 0 Å². The van der Waals surface area contributed by atoms with Crippen molar-refractivity contribution in [2.45, 2.75) is 11.9 Å². The Kier molecular flexibility index (Phi) is 3.18. The van der Waals surface area contributed by atoms with Gasteiger partial charge in [-0.05, 0) is 6.92 Å². The number of hydrogen-bond donors (Lipinski definition) is 0. The minimum Gasteiger partial charge on any atom is -0.265 e. The lowest BCUT2D eigenvalue weighted by molar-refractivity contribution is 0.336. The lowest BCUT2D eigenvalue weighted by Gasteiger charge is -2.02. The molecule has 0 aliphatic rings. The van der Waals surface area contributed by atoms with Crippen molar-refractivity contribution in [1.82, 2.24) is 9.97 Å². The van der Waals surface area contributed by atoms with Gasteiger partial charge in [0.05, 0.1) is 6.61 Å². The first-order valence-electron chi connectivity index (χ1n) is 3.44. The van der Waals surface area contributed by atoms with E-state index in [0.29, 0.717) is 0 Å². The van der Waals surface area contributed by atoms with E-state index in [1.54, 1.807) is 6.92 Å². The van der Waals surface area contributed by atoms with Crippen molar-refractivity contribution in [3.63, 3.8) is 0 Å². The van der Waals surface area contributed by atoms with Crippen LogP contribution in [0.5, 0.6) is 0 Å². The molecular weight excluding hydrogens is 216 g/mol. The van der Waals surface area contributed by atoms with E-state index in [1.807, 2.05) is 0 Å². The van der Waals surface area contributed by atoms with Gasteiger partial charge < -0.3 is 0 Å². The molecule has 13 heavy (non-hydrogen) atoms. The molecule has 0 saturated heterocycles. The van der Waals surface area contributed by atoms with E-state index in [-0.39, 0.29) is 16.8 Å². The molecule has 0 aliphatic heterocycles. The average molecular weight is 223 g/mol. The standard InChI is InChI=1S/C6H7ClN2O3S/c1-2-12-13(10,11)6-5(7)8-3-4-9-6/h3-4H,2H2,1H3. The van der Waals surface area contributed by atoms with Crippen LogP contribution in [0.3, 0.4) is 0 Å². The fourth-order valence-electron chi connectivity index (χ4n) is 0.687. The van der Waals surface area contributed by atoms with E-state index in [0.717, 1.165) is 0 Å². The van der Waals surface area contributed by atoms with Gasteiger partial charge in [0.1, 0.15) is 0 Å². The molecule has 0 bridgehead atoms. The highest BCUT2D eigenvalue weighted by molar-refractivity contribution is 7.86. The van der Waals surface area contributed by atoms with Crippen molar-refractivity contribution in [3.05, 3.63) is 17.5 Å². The largest absolute Gasteiger partial charge is 0.317 e. The molecule has 1 aromatic heterocycles. The highest BCUT2D eigenvalue weighted by atomic mass is 35.5. The molecule has 0 spiro atoms. The van der Waals surface area contributed by atoms with E-state index in [9.17, 15) is 8.42 Å². The second-order valence-electron chi connectivity index (χ2n) is 2.01. The van der Waals surface area contributed by atoms with Crippen LogP contribution in [0.4, 0.5) is 0 Å². The topological polar surface area (TPSA) is 69.2 Å². The van der Waals surface area contributed by atoms with Crippen LogP contribution in [0.25, 0.3) is 0 Å². The molecule has 1 heterocycles. The molecule has 0 atom stereocenters. The van der Waals surface area contributed by atoms with E-state index < -0.39 is 10.1 Å². The molecule has 0 aliphatic carbocycles. The van der Waals surface area contributed by atoms with Crippen molar-refractivity contribution in [1.29, 1.82) is 0 Å². The van der Waals surface area contributed by atoms with Gasteiger partial charge >= 0.3 is 10.1 Å². The van der Waals surface area contributed by atoms with Gasteiger partial charge in [0.25, 0.3) is 0 Å². The minimum atomic E-state index is -3.85. The molecule has 1 rings (SSSR count). The van der Waals surface area contributed by atoms with E-state index >= 15 is 0 Å². The highest BCUT2D eigenvalue weighted by Crippen LogP contribution is 2.16. The second kappa shape index (κ2) is 3.99. The molecule has 7 heteroatoms. The zero-order valence-electron chi connectivity index (χ0n) is 6.77. The first-order chi connectivity index (χ1) is 6.08. The minimum absolute atomic E-state index is 0.0369. The van der Waals surface area contributed by atoms with Crippen LogP contribution in [-0.2, 0) is 14.3 Å². The maximum Gasteiger partial charge on any atom is 0.317 e. The van der Waals surface area contributed by atoms with Crippen LogP contribution in [0.1, 0.15) is 6.92 Å². The van der Waals surface area contributed by atoms with Gasteiger partial charge in [0, 0.05) is 12.4 Å². The molecule has 72 valence electrons. The van der Waals surface area contributed by atoms with Gasteiger partial charge in [0.2, 0.25) is 5.03 Å². The molecule has 5 nitrogen and oxygen atoms in total. The quantitative estimate of drug-likeness (QED) is 0.710. The Hall–Kier alpha value is -0.720. The summed E-state index contributed by atoms with van der Waals surface area (Å²) in [5, 5.41) is -0.533. The fourth-order valence-corrected chi connectivity index (χ4v) is 1.95. The highest BCUT2D eigenvalue weighted by Gasteiger charge is 2.20. The summed E-state index contributed by atoms with van der Waals surface area (Å²) in [6, 6.07) is 0. The molecule has 0 fully saturated rings. The van der Waals surface area contributed by atoms with Crippen LogP contribution in [-0.4, -0.2) is 25.0 Å². The Morgan fingerprint density at radius 1 is 1.46 bits per heavy atom. The van der Waals surface area contributed by atoms with E-state index in [4.69, 9.17) is 11.6 Å².